The van der Waals surface area contributed by atoms with E-state index in [2.05, 4.69) is 5.10 Å². The number of hydrogen-bond acceptors (Lipinski definition) is 2. The van der Waals surface area contributed by atoms with E-state index in [1.807, 2.05) is 24.3 Å². The van der Waals surface area contributed by atoms with E-state index in [1.165, 1.54) is 5.56 Å². The molecule has 2 N–H and O–H groups in total. The van der Waals surface area contributed by atoms with E-state index < -0.39 is 0 Å². The highest BCUT2D eigenvalue weighted by Crippen LogP contribution is 2.29. The molecule has 82 valence electrons. The van der Waals surface area contributed by atoms with Crippen molar-refractivity contribution in [3.63, 3.8) is 0 Å². The summed E-state index contributed by atoms with van der Waals surface area (Å²) in [5.41, 5.74) is 9.37. The Kier molecular flexibility index (Phi) is 2.14. The van der Waals surface area contributed by atoms with Crippen LogP contribution in [-0.4, -0.2) is 9.78 Å². The fourth-order valence-electron chi connectivity index (χ4n) is 2.22. The number of nitrogens with zero attached hydrogens (tertiary/aromatic N) is 2. The second-order valence-corrected chi connectivity index (χ2v) is 4.49. The Hall–Kier alpha value is -1.48. The minimum Gasteiger partial charge on any atom is -0.383 e. The molecule has 0 bridgehead atoms. The zero-order valence-corrected chi connectivity index (χ0v) is 9.54. The molecule has 2 aromatic rings. The van der Waals surface area contributed by atoms with E-state index in [0.717, 1.165) is 36.5 Å². The van der Waals surface area contributed by atoms with Crippen LogP contribution in [0.5, 0.6) is 0 Å². The summed E-state index contributed by atoms with van der Waals surface area (Å²) in [6.07, 6.45) is 3.24. The van der Waals surface area contributed by atoms with Gasteiger partial charge in [-0.05, 0) is 37.5 Å². The van der Waals surface area contributed by atoms with Gasteiger partial charge in [-0.1, -0.05) is 17.7 Å². The van der Waals surface area contributed by atoms with Gasteiger partial charge in [0.1, 0.15) is 5.82 Å². The first-order valence-corrected chi connectivity index (χ1v) is 5.75. The lowest BCUT2D eigenvalue weighted by Crippen LogP contribution is -2.03. The van der Waals surface area contributed by atoms with Crippen LogP contribution in [0.1, 0.15) is 17.7 Å². The Morgan fingerprint density at radius 2 is 2.19 bits per heavy atom. The SMILES string of the molecule is Nc1c2c(nn1-c1cccc(Cl)c1)CCC2. The molecule has 1 heterocycles. The van der Waals surface area contributed by atoms with Crippen molar-refractivity contribution in [2.24, 2.45) is 0 Å². The molecule has 0 saturated heterocycles. The molecule has 0 aliphatic heterocycles. The quantitative estimate of drug-likeness (QED) is 0.823. The van der Waals surface area contributed by atoms with Gasteiger partial charge in [0.15, 0.2) is 0 Å². The highest BCUT2D eigenvalue weighted by molar-refractivity contribution is 6.30. The third-order valence-electron chi connectivity index (χ3n) is 3.00. The second kappa shape index (κ2) is 3.52. The fraction of sp³-hybridized carbons (Fsp3) is 0.250. The van der Waals surface area contributed by atoms with Crippen LogP contribution in [0, 0.1) is 0 Å². The smallest absolute Gasteiger partial charge is 0.130 e. The first kappa shape index (κ1) is 9.73. The number of rotatable bonds is 1. The van der Waals surface area contributed by atoms with Gasteiger partial charge in [0.2, 0.25) is 0 Å². The zero-order valence-electron chi connectivity index (χ0n) is 8.78. The van der Waals surface area contributed by atoms with Crippen LogP contribution in [0.3, 0.4) is 0 Å². The molecule has 0 unspecified atom stereocenters. The van der Waals surface area contributed by atoms with Crippen LogP contribution in [-0.2, 0) is 12.8 Å². The zero-order chi connectivity index (χ0) is 11.1. The van der Waals surface area contributed by atoms with Crippen molar-refractivity contribution < 1.29 is 0 Å². The number of fused-ring (bicyclic) bond motifs is 1. The Morgan fingerprint density at radius 3 is 2.94 bits per heavy atom. The molecule has 0 atom stereocenters. The molecule has 1 aliphatic carbocycles. The molecule has 3 rings (SSSR count). The number of nitrogen functional groups attached to an aromatic ring is 1. The monoisotopic (exact) mass is 233 g/mol. The summed E-state index contributed by atoms with van der Waals surface area (Å²) in [4.78, 5) is 0. The minimum atomic E-state index is 0.701. The van der Waals surface area contributed by atoms with E-state index in [4.69, 9.17) is 17.3 Å². The van der Waals surface area contributed by atoms with Crippen LogP contribution in [0.4, 0.5) is 5.82 Å². The van der Waals surface area contributed by atoms with Crippen molar-refractivity contribution in [2.75, 3.05) is 5.73 Å². The highest BCUT2D eigenvalue weighted by Gasteiger charge is 2.20. The lowest BCUT2D eigenvalue weighted by Gasteiger charge is -2.05. The van der Waals surface area contributed by atoms with Crippen LogP contribution in [0.2, 0.25) is 5.02 Å². The molecule has 0 radical (unpaired) electrons. The normalized spacial score (nSPS) is 14.1. The van der Waals surface area contributed by atoms with E-state index in [-0.39, 0.29) is 0 Å². The maximum absolute atomic E-state index is 6.09. The Morgan fingerprint density at radius 1 is 1.31 bits per heavy atom. The standard InChI is InChI=1S/C12H12ClN3/c13-8-3-1-4-9(7-8)16-12(14)10-5-2-6-11(10)15-16/h1,3-4,7H,2,5-6,14H2. The first-order chi connectivity index (χ1) is 7.75. The van der Waals surface area contributed by atoms with Crippen LogP contribution < -0.4 is 5.73 Å². The molecule has 1 aromatic carbocycles. The summed E-state index contributed by atoms with van der Waals surface area (Å²) < 4.78 is 1.79. The van der Waals surface area contributed by atoms with Gasteiger partial charge >= 0.3 is 0 Å². The fourth-order valence-corrected chi connectivity index (χ4v) is 2.41. The van der Waals surface area contributed by atoms with Crippen LogP contribution in [0.15, 0.2) is 24.3 Å². The Balaban J connectivity index is 2.14. The molecule has 1 aromatic heterocycles. The van der Waals surface area contributed by atoms with Crippen molar-refractivity contribution in [1.29, 1.82) is 0 Å². The average molecular weight is 234 g/mol. The predicted octanol–water partition coefficient (Wildman–Crippen LogP) is 2.60. The number of anilines is 1. The number of aromatic nitrogens is 2. The van der Waals surface area contributed by atoms with Gasteiger partial charge in [-0.25, -0.2) is 4.68 Å². The molecule has 3 nitrogen and oxygen atoms in total. The van der Waals surface area contributed by atoms with Crippen molar-refractivity contribution in [1.82, 2.24) is 9.78 Å². The average Bonchev–Trinajstić information content (AvgIpc) is 2.82. The molecule has 0 amide bonds. The summed E-state index contributed by atoms with van der Waals surface area (Å²) in [5, 5.41) is 5.24. The van der Waals surface area contributed by atoms with Gasteiger partial charge in [-0.2, -0.15) is 5.10 Å². The Bertz CT molecular complexity index is 545. The maximum atomic E-state index is 6.09. The van der Waals surface area contributed by atoms with E-state index in [1.54, 1.807) is 4.68 Å². The van der Waals surface area contributed by atoms with Gasteiger partial charge in [0.05, 0.1) is 11.4 Å². The highest BCUT2D eigenvalue weighted by atomic mass is 35.5. The summed E-state index contributed by atoms with van der Waals surface area (Å²) in [5.74, 6) is 0.759. The summed E-state index contributed by atoms with van der Waals surface area (Å²) in [7, 11) is 0. The summed E-state index contributed by atoms with van der Waals surface area (Å²) in [6, 6.07) is 7.59. The lowest BCUT2D eigenvalue weighted by atomic mass is 10.2. The topological polar surface area (TPSA) is 43.8 Å². The van der Waals surface area contributed by atoms with Crippen LogP contribution >= 0.6 is 11.6 Å². The number of hydrogen-bond donors (Lipinski definition) is 1. The van der Waals surface area contributed by atoms with Gasteiger partial charge in [0, 0.05) is 10.6 Å². The third-order valence-corrected chi connectivity index (χ3v) is 3.23. The van der Waals surface area contributed by atoms with E-state index >= 15 is 0 Å². The molecule has 16 heavy (non-hydrogen) atoms. The van der Waals surface area contributed by atoms with Crippen LogP contribution in [0.25, 0.3) is 5.69 Å². The maximum Gasteiger partial charge on any atom is 0.130 e. The number of aryl methyl sites for hydroxylation is 1. The summed E-state index contributed by atoms with van der Waals surface area (Å²) >= 11 is 5.96. The van der Waals surface area contributed by atoms with Gasteiger partial charge < -0.3 is 5.73 Å². The number of nitrogens with two attached hydrogens (primary N) is 1. The molecule has 4 heteroatoms. The van der Waals surface area contributed by atoms with Gasteiger partial charge in [0.25, 0.3) is 0 Å². The summed E-state index contributed by atoms with van der Waals surface area (Å²) in [6.45, 7) is 0. The van der Waals surface area contributed by atoms with Crippen molar-refractivity contribution in [3.05, 3.63) is 40.5 Å². The predicted molar refractivity (Wildman–Crippen MR) is 65.0 cm³/mol. The molecule has 1 aliphatic rings. The van der Waals surface area contributed by atoms with Crippen molar-refractivity contribution in [3.8, 4) is 5.69 Å². The molecular formula is C12H12ClN3. The molecule has 0 spiro atoms. The number of benzene rings is 1. The molecular weight excluding hydrogens is 222 g/mol. The Labute approximate surface area is 98.8 Å². The first-order valence-electron chi connectivity index (χ1n) is 5.38. The van der Waals surface area contributed by atoms with Gasteiger partial charge in [-0.15, -0.1) is 0 Å². The molecule has 0 saturated carbocycles. The minimum absolute atomic E-state index is 0.701. The van der Waals surface area contributed by atoms with Crippen molar-refractivity contribution in [2.45, 2.75) is 19.3 Å². The second-order valence-electron chi connectivity index (χ2n) is 4.06. The largest absolute Gasteiger partial charge is 0.383 e. The molecule has 0 fully saturated rings. The van der Waals surface area contributed by atoms with Gasteiger partial charge in [-0.3, -0.25) is 0 Å². The van der Waals surface area contributed by atoms with Crippen molar-refractivity contribution >= 4 is 17.4 Å². The third kappa shape index (κ3) is 1.39. The lowest BCUT2D eigenvalue weighted by molar-refractivity contribution is 0.808. The van der Waals surface area contributed by atoms with E-state index in [9.17, 15) is 0 Å². The van der Waals surface area contributed by atoms with E-state index in [0.29, 0.717) is 5.02 Å². The number of halogens is 1.